The number of hydrogen-bond donors (Lipinski definition) is 0. The number of fused-ring (bicyclic) bond motifs is 1. The van der Waals surface area contributed by atoms with Crippen LogP contribution in [0.2, 0.25) is 0 Å². The van der Waals surface area contributed by atoms with Crippen molar-refractivity contribution in [1.29, 1.82) is 0 Å². The minimum Gasteiger partial charge on any atom is -0.496 e. The lowest BCUT2D eigenvalue weighted by Crippen LogP contribution is -2.39. The van der Waals surface area contributed by atoms with E-state index in [2.05, 4.69) is 20.4 Å². The van der Waals surface area contributed by atoms with Gasteiger partial charge in [0.1, 0.15) is 11.9 Å². The predicted molar refractivity (Wildman–Crippen MR) is 92.8 cm³/mol. The fourth-order valence-corrected chi connectivity index (χ4v) is 3.30. The summed E-state index contributed by atoms with van der Waals surface area (Å²) >= 11 is 0. The number of ether oxygens (including phenoxy) is 5. The summed E-state index contributed by atoms with van der Waals surface area (Å²) in [6, 6.07) is 3.86. The van der Waals surface area contributed by atoms with E-state index in [4.69, 9.17) is 23.7 Å². The minimum absolute atomic E-state index is 0.189. The number of rotatable bonds is 7. The molecule has 0 saturated carbocycles. The van der Waals surface area contributed by atoms with Crippen molar-refractivity contribution < 1.29 is 23.7 Å². The second-order valence-electron chi connectivity index (χ2n) is 6.36. The van der Waals surface area contributed by atoms with Gasteiger partial charge in [0, 0.05) is 38.4 Å². The Morgan fingerprint density at radius 2 is 2.07 bits per heavy atom. The molecule has 1 atom stereocenters. The first-order valence-corrected chi connectivity index (χ1v) is 8.84. The van der Waals surface area contributed by atoms with E-state index in [-0.39, 0.29) is 12.9 Å². The number of tetrazole rings is 1. The molecule has 1 aromatic heterocycles. The summed E-state index contributed by atoms with van der Waals surface area (Å²) in [4.78, 5) is 2.30. The SMILES string of the molecule is COCCn1nnnc1[C@H]1CN(Cc2cc3c(cc2OC)OCO3)CCO1. The highest BCUT2D eigenvalue weighted by Gasteiger charge is 2.28. The quantitative estimate of drug-likeness (QED) is 0.689. The first kappa shape index (κ1) is 18.0. The Balaban J connectivity index is 1.47. The monoisotopic (exact) mass is 377 g/mol. The third-order valence-electron chi connectivity index (χ3n) is 4.67. The van der Waals surface area contributed by atoms with Crippen molar-refractivity contribution in [2.24, 2.45) is 0 Å². The van der Waals surface area contributed by atoms with E-state index in [1.165, 1.54) is 0 Å². The van der Waals surface area contributed by atoms with Crippen LogP contribution in [0.3, 0.4) is 0 Å². The van der Waals surface area contributed by atoms with Crippen molar-refractivity contribution in [3.05, 3.63) is 23.5 Å². The highest BCUT2D eigenvalue weighted by atomic mass is 16.7. The van der Waals surface area contributed by atoms with E-state index in [0.29, 0.717) is 38.6 Å². The normalized spacial score (nSPS) is 19.4. The molecule has 1 saturated heterocycles. The molecule has 0 bridgehead atoms. The van der Waals surface area contributed by atoms with Crippen LogP contribution in [0.4, 0.5) is 0 Å². The van der Waals surface area contributed by atoms with Gasteiger partial charge in [0.15, 0.2) is 17.3 Å². The van der Waals surface area contributed by atoms with Crippen molar-refractivity contribution in [1.82, 2.24) is 25.1 Å². The molecular weight excluding hydrogens is 354 g/mol. The Labute approximate surface area is 156 Å². The van der Waals surface area contributed by atoms with E-state index < -0.39 is 0 Å². The molecule has 0 radical (unpaired) electrons. The first-order chi connectivity index (χ1) is 13.3. The van der Waals surface area contributed by atoms with Crippen LogP contribution in [0, 0.1) is 0 Å². The molecular formula is C17H23N5O5. The molecule has 0 aliphatic carbocycles. The number of nitrogens with zero attached hydrogens (tertiary/aromatic N) is 5. The fourth-order valence-electron chi connectivity index (χ4n) is 3.30. The van der Waals surface area contributed by atoms with Crippen molar-refractivity contribution in [3.63, 3.8) is 0 Å². The van der Waals surface area contributed by atoms with Crippen molar-refractivity contribution in [3.8, 4) is 17.2 Å². The summed E-state index contributed by atoms with van der Waals surface area (Å²) in [6.07, 6.45) is -0.189. The van der Waals surface area contributed by atoms with Crippen molar-refractivity contribution >= 4 is 0 Å². The third-order valence-corrected chi connectivity index (χ3v) is 4.67. The smallest absolute Gasteiger partial charge is 0.231 e. The van der Waals surface area contributed by atoms with Crippen molar-refractivity contribution in [2.45, 2.75) is 19.2 Å². The van der Waals surface area contributed by atoms with Crippen molar-refractivity contribution in [2.75, 3.05) is 47.3 Å². The average Bonchev–Trinajstić information content (AvgIpc) is 3.34. The van der Waals surface area contributed by atoms with Gasteiger partial charge >= 0.3 is 0 Å². The lowest BCUT2D eigenvalue weighted by molar-refractivity contribution is -0.0398. The Hall–Kier alpha value is -2.43. The number of benzene rings is 1. The molecule has 0 N–H and O–H groups in total. The molecule has 27 heavy (non-hydrogen) atoms. The first-order valence-electron chi connectivity index (χ1n) is 8.84. The number of methoxy groups -OCH3 is 2. The van der Waals surface area contributed by atoms with Gasteiger partial charge in [0.05, 0.1) is 26.9 Å². The molecule has 146 valence electrons. The largest absolute Gasteiger partial charge is 0.496 e. The van der Waals surface area contributed by atoms with Gasteiger partial charge in [0.25, 0.3) is 0 Å². The molecule has 3 heterocycles. The molecule has 2 aromatic rings. The molecule has 0 amide bonds. The van der Waals surface area contributed by atoms with Gasteiger partial charge in [-0.2, -0.15) is 0 Å². The molecule has 0 spiro atoms. The Kier molecular flexibility index (Phi) is 5.37. The third kappa shape index (κ3) is 3.82. The van der Waals surface area contributed by atoms with Crippen LogP contribution in [0.1, 0.15) is 17.5 Å². The highest BCUT2D eigenvalue weighted by Crippen LogP contribution is 2.38. The minimum atomic E-state index is -0.189. The van der Waals surface area contributed by atoms with Gasteiger partial charge in [-0.25, -0.2) is 4.68 Å². The van der Waals surface area contributed by atoms with Crippen LogP contribution in [0.25, 0.3) is 0 Å². The molecule has 4 rings (SSSR count). The maximum Gasteiger partial charge on any atom is 0.231 e. The zero-order chi connectivity index (χ0) is 18.6. The van der Waals surface area contributed by atoms with Gasteiger partial charge in [-0.15, -0.1) is 5.10 Å². The van der Waals surface area contributed by atoms with Crippen LogP contribution >= 0.6 is 0 Å². The summed E-state index contributed by atoms with van der Waals surface area (Å²) in [5.41, 5.74) is 1.04. The molecule has 0 unspecified atom stereocenters. The average molecular weight is 377 g/mol. The summed E-state index contributed by atoms with van der Waals surface area (Å²) in [5.74, 6) is 2.97. The lowest BCUT2D eigenvalue weighted by atomic mass is 10.1. The second kappa shape index (κ2) is 8.07. The van der Waals surface area contributed by atoms with E-state index in [1.54, 1.807) is 18.9 Å². The molecule has 10 nitrogen and oxygen atoms in total. The van der Waals surface area contributed by atoms with E-state index in [9.17, 15) is 0 Å². The van der Waals surface area contributed by atoms with Crippen LogP contribution in [-0.2, 0) is 22.6 Å². The Morgan fingerprint density at radius 3 is 2.89 bits per heavy atom. The van der Waals surface area contributed by atoms with E-state index >= 15 is 0 Å². The zero-order valence-corrected chi connectivity index (χ0v) is 15.5. The zero-order valence-electron chi connectivity index (χ0n) is 15.5. The van der Waals surface area contributed by atoms with Crippen LogP contribution < -0.4 is 14.2 Å². The summed E-state index contributed by atoms with van der Waals surface area (Å²) in [5, 5.41) is 12.0. The number of morpholine rings is 1. The van der Waals surface area contributed by atoms with E-state index in [1.807, 2.05) is 12.1 Å². The second-order valence-corrected chi connectivity index (χ2v) is 6.36. The fraction of sp³-hybridized carbons (Fsp3) is 0.588. The van der Waals surface area contributed by atoms with E-state index in [0.717, 1.165) is 29.4 Å². The van der Waals surface area contributed by atoms with Gasteiger partial charge < -0.3 is 23.7 Å². The number of aromatic nitrogens is 4. The maximum atomic E-state index is 5.92. The number of hydrogen-bond acceptors (Lipinski definition) is 9. The lowest BCUT2D eigenvalue weighted by Gasteiger charge is -2.32. The molecule has 2 aliphatic heterocycles. The van der Waals surface area contributed by atoms with Gasteiger partial charge in [-0.1, -0.05) is 0 Å². The van der Waals surface area contributed by atoms with Crippen LogP contribution in [0.15, 0.2) is 12.1 Å². The molecule has 2 aliphatic rings. The standard InChI is InChI=1S/C17H23N5O5/c1-23-5-4-22-17(18-19-20-22)16-10-21(3-6-25-16)9-12-7-14-15(27-11-26-14)8-13(12)24-2/h7-8,16H,3-6,9-11H2,1-2H3/t16-/m1/s1. The Morgan fingerprint density at radius 1 is 1.22 bits per heavy atom. The summed E-state index contributed by atoms with van der Waals surface area (Å²) in [6.45, 7) is 4.19. The highest BCUT2D eigenvalue weighted by molar-refractivity contribution is 5.51. The maximum absolute atomic E-state index is 5.92. The van der Waals surface area contributed by atoms with Gasteiger partial charge in [0.2, 0.25) is 6.79 Å². The molecule has 1 fully saturated rings. The Bertz CT molecular complexity index is 783. The van der Waals surface area contributed by atoms with Gasteiger partial charge in [-0.3, -0.25) is 4.90 Å². The van der Waals surface area contributed by atoms with Gasteiger partial charge in [-0.05, 0) is 16.5 Å². The van der Waals surface area contributed by atoms with Crippen LogP contribution in [0.5, 0.6) is 17.2 Å². The predicted octanol–water partition coefficient (Wildman–Crippen LogP) is 0.630. The molecule has 10 heteroatoms. The topological polar surface area (TPSA) is 93.0 Å². The molecule has 1 aromatic carbocycles. The summed E-state index contributed by atoms with van der Waals surface area (Å²) in [7, 11) is 3.31. The summed E-state index contributed by atoms with van der Waals surface area (Å²) < 4.78 is 29.2. The van der Waals surface area contributed by atoms with Crippen LogP contribution in [-0.4, -0.2) is 72.4 Å².